The summed E-state index contributed by atoms with van der Waals surface area (Å²) in [6.45, 7) is 2.29. The van der Waals surface area contributed by atoms with Crippen LogP contribution in [0.4, 0.5) is 0 Å². The van der Waals surface area contributed by atoms with Crippen LogP contribution in [0.2, 0.25) is 12.6 Å². The first-order valence-electron chi connectivity index (χ1n) is 5.29. The van der Waals surface area contributed by atoms with E-state index in [0.717, 1.165) is 18.7 Å². The molecule has 1 aliphatic rings. The fraction of sp³-hybridized carbons (Fsp3) is 0.778. The molecule has 1 aromatic heterocycles. The van der Waals surface area contributed by atoms with Crippen LogP contribution in [0.1, 0.15) is 30.7 Å². The first-order valence-corrected chi connectivity index (χ1v) is 5.29. The molecule has 1 heterocycles. The smallest absolute Gasteiger partial charge is 0.121 e. The minimum atomic E-state index is 0.913. The lowest BCUT2D eigenvalue weighted by Crippen LogP contribution is -2.07. The number of nitrogens with zero attached hydrogens (tertiary/aromatic N) is 2. The number of aryl methyl sites for hydroxylation is 2. The van der Waals surface area contributed by atoms with Gasteiger partial charge in [0.1, 0.15) is 7.28 Å². The van der Waals surface area contributed by atoms with Gasteiger partial charge in [-0.15, -0.1) is 5.10 Å². The molecular weight excluding hydrogens is 161 g/mol. The number of rotatable bonds is 1. The monoisotopic (exact) mass is 177 g/mol. The van der Waals surface area contributed by atoms with E-state index in [1.54, 1.807) is 0 Å². The second-order valence-electron chi connectivity index (χ2n) is 3.94. The fourth-order valence-electron chi connectivity index (χ4n) is 2.13. The number of hydrogen-bond acceptors (Lipinski definition) is 2. The van der Waals surface area contributed by atoms with E-state index in [1.165, 1.54) is 37.9 Å². The molecule has 0 radical (unpaired) electrons. The van der Waals surface area contributed by atoms with Crippen molar-refractivity contribution in [3.05, 3.63) is 11.4 Å². The van der Waals surface area contributed by atoms with Gasteiger partial charge in [0.15, 0.2) is 0 Å². The van der Waals surface area contributed by atoms with E-state index in [4.69, 9.17) is 0 Å². The molecule has 3 nitrogen and oxygen atoms in total. The Hall–Kier alpha value is -0.795. The predicted molar refractivity (Wildman–Crippen MR) is 54.4 cm³/mol. The highest BCUT2D eigenvalue weighted by Crippen LogP contribution is 2.24. The highest BCUT2D eigenvalue weighted by Gasteiger charge is 2.15. The van der Waals surface area contributed by atoms with E-state index in [1.807, 2.05) is 0 Å². The SMILES string of the molecule is CBC1CCCc2nn[nH]c2CC1. The zero-order chi connectivity index (χ0) is 9.10. The highest BCUT2D eigenvalue weighted by molar-refractivity contribution is 6.35. The van der Waals surface area contributed by atoms with Crippen LogP contribution in [0.25, 0.3) is 0 Å². The van der Waals surface area contributed by atoms with Crippen molar-refractivity contribution in [2.75, 3.05) is 0 Å². The van der Waals surface area contributed by atoms with Crippen molar-refractivity contribution in [3.63, 3.8) is 0 Å². The number of fused-ring (bicyclic) bond motifs is 1. The standard InChI is InChI=1S/C9H16BN3/c1-10-7-3-2-4-8-9(6-5-7)12-13-11-8/h7,10H,2-6H2,1H3,(H,11,12,13). The van der Waals surface area contributed by atoms with Crippen LogP contribution >= 0.6 is 0 Å². The van der Waals surface area contributed by atoms with E-state index >= 15 is 0 Å². The Labute approximate surface area is 79.6 Å². The number of aromatic nitrogens is 3. The number of aromatic amines is 1. The van der Waals surface area contributed by atoms with Gasteiger partial charge in [-0.05, 0) is 19.3 Å². The maximum absolute atomic E-state index is 4.10. The van der Waals surface area contributed by atoms with Crippen LogP contribution in [0, 0.1) is 0 Å². The van der Waals surface area contributed by atoms with Gasteiger partial charge in [0.05, 0.1) is 11.4 Å². The highest BCUT2D eigenvalue weighted by atomic mass is 15.3. The molecule has 0 fully saturated rings. The van der Waals surface area contributed by atoms with Gasteiger partial charge < -0.3 is 0 Å². The largest absolute Gasteiger partial charge is 0.262 e. The summed E-state index contributed by atoms with van der Waals surface area (Å²) >= 11 is 0. The van der Waals surface area contributed by atoms with Gasteiger partial charge in [-0.1, -0.05) is 30.7 Å². The summed E-state index contributed by atoms with van der Waals surface area (Å²) in [5.41, 5.74) is 2.48. The second-order valence-corrected chi connectivity index (χ2v) is 3.94. The third-order valence-electron chi connectivity index (χ3n) is 3.11. The lowest BCUT2D eigenvalue weighted by molar-refractivity contribution is 0.603. The van der Waals surface area contributed by atoms with Crippen molar-refractivity contribution in [1.29, 1.82) is 0 Å². The zero-order valence-electron chi connectivity index (χ0n) is 8.21. The van der Waals surface area contributed by atoms with Gasteiger partial charge in [-0.3, -0.25) is 5.10 Å². The summed E-state index contributed by atoms with van der Waals surface area (Å²) in [4.78, 5) is 0. The Morgan fingerprint density at radius 2 is 2.31 bits per heavy atom. The minimum absolute atomic E-state index is 0.913. The lowest BCUT2D eigenvalue weighted by atomic mass is 9.62. The molecule has 0 saturated heterocycles. The second kappa shape index (κ2) is 3.94. The molecule has 1 aliphatic carbocycles. The molecule has 0 aromatic carbocycles. The van der Waals surface area contributed by atoms with Gasteiger partial charge in [-0.25, -0.2) is 0 Å². The molecular formula is C9H16BN3. The van der Waals surface area contributed by atoms with Gasteiger partial charge >= 0.3 is 0 Å². The van der Waals surface area contributed by atoms with E-state index in [2.05, 4.69) is 22.2 Å². The molecule has 1 aromatic rings. The number of hydrogen-bond donors (Lipinski definition) is 1. The first-order chi connectivity index (χ1) is 6.40. The maximum atomic E-state index is 4.10. The van der Waals surface area contributed by atoms with Crippen LogP contribution in [0.5, 0.6) is 0 Å². The third-order valence-corrected chi connectivity index (χ3v) is 3.11. The van der Waals surface area contributed by atoms with Crippen LogP contribution < -0.4 is 0 Å². The summed E-state index contributed by atoms with van der Waals surface area (Å²) in [7, 11) is 1.32. The average molecular weight is 177 g/mol. The zero-order valence-corrected chi connectivity index (χ0v) is 8.21. The Morgan fingerprint density at radius 1 is 1.38 bits per heavy atom. The van der Waals surface area contributed by atoms with Crippen LogP contribution in [0.3, 0.4) is 0 Å². The molecule has 4 heteroatoms. The quantitative estimate of drug-likeness (QED) is 0.657. The van der Waals surface area contributed by atoms with Crippen molar-refractivity contribution < 1.29 is 0 Å². The van der Waals surface area contributed by atoms with E-state index in [-0.39, 0.29) is 0 Å². The van der Waals surface area contributed by atoms with Crippen molar-refractivity contribution in [2.24, 2.45) is 0 Å². The van der Waals surface area contributed by atoms with Gasteiger partial charge in [-0.2, -0.15) is 0 Å². The number of H-pyrrole nitrogens is 1. The topological polar surface area (TPSA) is 41.6 Å². The molecule has 70 valence electrons. The fourth-order valence-corrected chi connectivity index (χ4v) is 2.13. The van der Waals surface area contributed by atoms with E-state index in [9.17, 15) is 0 Å². The molecule has 0 aliphatic heterocycles. The van der Waals surface area contributed by atoms with Crippen molar-refractivity contribution in [1.82, 2.24) is 15.4 Å². The molecule has 0 saturated carbocycles. The van der Waals surface area contributed by atoms with E-state index in [0.29, 0.717) is 0 Å². The minimum Gasteiger partial charge on any atom is -0.262 e. The third kappa shape index (κ3) is 1.93. The summed E-state index contributed by atoms with van der Waals surface area (Å²) < 4.78 is 0. The summed E-state index contributed by atoms with van der Waals surface area (Å²) in [6.07, 6.45) is 6.19. The summed E-state index contributed by atoms with van der Waals surface area (Å²) in [5.74, 6) is 0.913. The van der Waals surface area contributed by atoms with Crippen molar-refractivity contribution in [2.45, 2.75) is 44.7 Å². The van der Waals surface area contributed by atoms with Crippen molar-refractivity contribution >= 4 is 7.28 Å². The number of nitrogens with one attached hydrogen (secondary N) is 1. The molecule has 0 amide bonds. The Balaban J connectivity index is 2.07. The Morgan fingerprint density at radius 3 is 3.15 bits per heavy atom. The summed E-state index contributed by atoms with van der Waals surface area (Å²) in [6, 6.07) is 0. The molecule has 0 spiro atoms. The van der Waals surface area contributed by atoms with Crippen LogP contribution in [-0.2, 0) is 12.8 Å². The summed E-state index contributed by atoms with van der Waals surface area (Å²) in [5, 5.41) is 11.0. The van der Waals surface area contributed by atoms with E-state index < -0.39 is 0 Å². The Bertz CT molecular complexity index is 272. The lowest BCUT2D eigenvalue weighted by Gasteiger charge is -2.16. The first kappa shape index (κ1) is 8.79. The molecule has 0 bridgehead atoms. The molecule has 2 rings (SSSR count). The van der Waals surface area contributed by atoms with Crippen molar-refractivity contribution in [3.8, 4) is 0 Å². The maximum Gasteiger partial charge on any atom is 0.121 e. The molecule has 1 atom stereocenters. The predicted octanol–water partition coefficient (Wildman–Crippen LogP) is 1.35. The van der Waals surface area contributed by atoms with Gasteiger partial charge in [0.2, 0.25) is 0 Å². The van der Waals surface area contributed by atoms with Gasteiger partial charge in [0.25, 0.3) is 0 Å². The van der Waals surface area contributed by atoms with Crippen LogP contribution in [0.15, 0.2) is 0 Å². The van der Waals surface area contributed by atoms with Crippen LogP contribution in [-0.4, -0.2) is 22.7 Å². The Kier molecular flexibility index (Phi) is 2.66. The normalized spacial score (nSPS) is 23.0. The molecule has 13 heavy (non-hydrogen) atoms. The average Bonchev–Trinajstić information content (AvgIpc) is 2.52. The van der Waals surface area contributed by atoms with Gasteiger partial charge in [0, 0.05) is 0 Å². The molecule has 1 unspecified atom stereocenters. The molecule has 1 N–H and O–H groups in total.